The van der Waals surface area contributed by atoms with Gasteiger partial charge >= 0.3 is 0 Å². The summed E-state index contributed by atoms with van der Waals surface area (Å²) in [5, 5.41) is 0. The number of hydrogen-bond acceptors (Lipinski definition) is 9. The molecule has 4 aliphatic heterocycles. The van der Waals surface area contributed by atoms with E-state index < -0.39 is 17.9 Å². The Hall–Kier alpha value is -3.22. The minimum atomic E-state index is -2.76. The molecule has 0 aliphatic carbocycles. The minimum Gasteiger partial charge on any atom is -0.378 e. The van der Waals surface area contributed by atoms with E-state index in [1.807, 2.05) is 17.2 Å². The second-order valence-corrected chi connectivity index (χ2v) is 12.9. The Labute approximate surface area is 264 Å². The van der Waals surface area contributed by atoms with E-state index in [0.717, 1.165) is 38.0 Å². The Bertz CT molecular complexity index is 1400. The third kappa shape index (κ3) is 5.92. The number of anilines is 2. The van der Waals surface area contributed by atoms with Crippen molar-refractivity contribution in [2.24, 2.45) is 0 Å². The van der Waals surface area contributed by atoms with Gasteiger partial charge in [0.15, 0.2) is 5.82 Å². The van der Waals surface area contributed by atoms with Crippen molar-refractivity contribution >= 4 is 17.5 Å². The van der Waals surface area contributed by atoms with Crippen LogP contribution in [-0.2, 0) is 19.9 Å². The number of methoxy groups -OCH3 is 1. The van der Waals surface area contributed by atoms with Crippen molar-refractivity contribution in [3.8, 4) is 0 Å². The average Bonchev–Trinajstić information content (AvgIpc) is 3.54. The number of piperidine rings is 1. The van der Waals surface area contributed by atoms with E-state index in [4.69, 9.17) is 14.5 Å². The topological polar surface area (TPSA) is 87.2 Å². The highest BCUT2D eigenvalue weighted by Gasteiger charge is 2.44. The molecule has 4 aliphatic rings. The first-order chi connectivity index (χ1) is 21.7. The Morgan fingerprint density at radius 1 is 1.16 bits per heavy atom. The van der Waals surface area contributed by atoms with Crippen LogP contribution in [0.25, 0.3) is 0 Å². The lowest BCUT2D eigenvalue weighted by molar-refractivity contribution is -0.128. The molecule has 0 unspecified atom stereocenters. The summed E-state index contributed by atoms with van der Waals surface area (Å²) >= 11 is 0. The van der Waals surface area contributed by atoms with Crippen LogP contribution in [0.15, 0.2) is 31.0 Å². The van der Waals surface area contributed by atoms with Crippen LogP contribution in [0, 0.1) is 6.92 Å². The van der Waals surface area contributed by atoms with Crippen LogP contribution in [0.4, 0.5) is 20.4 Å². The van der Waals surface area contributed by atoms with Crippen LogP contribution in [0.2, 0.25) is 0 Å². The zero-order valence-electron chi connectivity index (χ0n) is 26.8. The summed E-state index contributed by atoms with van der Waals surface area (Å²) in [6, 6.07) is 4.38. The highest BCUT2D eigenvalue weighted by atomic mass is 19.3. The van der Waals surface area contributed by atoms with Gasteiger partial charge in [-0.3, -0.25) is 14.7 Å². The van der Waals surface area contributed by atoms with Crippen molar-refractivity contribution in [2.45, 2.75) is 76.1 Å². The lowest BCUT2D eigenvalue weighted by Gasteiger charge is -2.53. The molecule has 45 heavy (non-hydrogen) atoms. The van der Waals surface area contributed by atoms with Crippen LogP contribution >= 0.6 is 0 Å². The molecule has 10 nitrogen and oxygen atoms in total. The molecule has 0 N–H and O–H groups in total. The molecule has 0 spiro atoms. The summed E-state index contributed by atoms with van der Waals surface area (Å²) in [4.78, 5) is 34.0. The van der Waals surface area contributed by atoms with Crippen LogP contribution in [-0.4, -0.2) is 108 Å². The van der Waals surface area contributed by atoms with E-state index in [9.17, 15) is 13.6 Å². The number of nitrogens with zero attached hydrogens (tertiary/aromatic N) is 7. The zero-order valence-corrected chi connectivity index (χ0v) is 26.8. The number of rotatable bonds is 8. The molecule has 5 atom stereocenters. The number of aromatic nitrogens is 3. The molecule has 0 saturated carbocycles. The molecular formula is C33H45F2N7O3. The molecule has 244 valence electrons. The molecule has 6 heterocycles. The van der Waals surface area contributed by atoms with Crippen LogP contribution in [0.1, 0.15) is 68.1 Å². The number of pyridine rings is 1. The maximum atomic E-state index is 14.1. The summed E-state index contributed by atoms with van der Waals surface area (Å²) in [5.41, 5.74) is 2.83. The van der Waals surface area contributed by atoms with Crippen molar-refractivity contribution in [1.29, 1.82) is 0 Å². The molecule has 2 aromatic heterocycles. The molecular weight excluding hydrogens is 580 g/mol. The van der Waals surface area contributed by atoms with Gasteiger partial charge < -0.3 is 24.2 Å². The van der Waals surface area contributed by atoms with Gasteiger partial charge in [0.1, 0.15) is 17.2 Å². The second kappa shape index (κ2) is 12.9. The van der Waals surface area contributed by atoms with Gasteiger partial charge in [0, 0.05) is 89.8 Å². The van der Waals surface area contributed by atoms with Gasteiger partial charge in [0.2, 0.25) is 5.91 Å². The first kappa shape index (κ1) is 31.7. The fourth-order valence-electron chi connectivity index (χ4n) is 7.76. The van der Waals surface area contributed by atoms with Crippen molar-refractivity contribution in [1.82, 2.24) is 24.8 Å². The molecule has 0 radical (unpaired) electrons. The summed E-state index contributed by atoms with van der Waals surface area (Å²) in [5.74, 6) is 0.874. The smallest absolute Gasteiger partial charge is 0.297 e. The van der Waals surface area contributed by atoms with E-state index in [2.05, 4.69) is 58.1 Å². The Kier molecular flexibility index (Phi) is 9.09. The van der Waals surface area contributed by atoms with Crippen LogP contribution in [0.3, 0.4) is 0 Å². The van der Waals surface area contributed by atoms with Gasteiger partial charge in [-0.05, 0) is 62.8 Å². The Balaban J connectivity index is 1.18. The summed E-state index contributed by atoms with van der Waals surface area (Å²) < 4.78 is 40.0. The monoisotopic (exact) mass is 625 g/mol. The number of ether oxygens (including phenoxy) is 2. The molecule has 6 rings (SSSR count). The van der Waals surface area contributed by atoms with Gasteiger partial charge in [0.05, 0.1) is 12.3 Å². The van der Waals surface area contributed by atoms with Gasteiger partial charge in [-0.2, -0.15) is 0 Å². The lowest BCUT2D eigenvalue weighted by atomic mass is 9.79. The number of halogens is 2. The van der Waals surface area contributed by atoms with E-state index >= 15 is 0 Å². The predicted molar refractivity (Wildman–Crippen MR) is 168 cm³/mol. The van der Waals surface area contributed by atoms with Gasteiger partial charge in [-0.15, -0.1) is 0 Å². The lowest BCUT2D eigenvalue weighted by Crippen LogP contribution is -2.68. The number of alkyl halides is 2. The maximum Gasteiger partial charge on any atom is 0.297 e. The van der Waals surface area contributed by atoms with Gasteiger partial charge in [0.25, 0.3) is 6.43 Å². The molecule has 0 bridgehead atoms. The molecule has 2 aromatic rings. The minimum absolute atomic E-state index is 0.0393. The third-order valence-electron chi connectivity index (χ3n) is 10.5. The van der Waals surface area contributed by atoms with Gasteiger partial charge in [-0.25, -0.2) is 18.7 Å². The number of aryl methyl sites for hydroxylation is 1. The number of carbonyl (C=O) groups excluding carboxylic acids is 1. The van der Waals surface area contributed by atoms with E-state index in [1.165, 1.54) is 17.2 Å². The summed E-state index contributed by atoms with van der Waals surface area (Å²) in [7, 11) is 1.73. The number of carbonyl (C=O) groups is 1. The zero-order chi connectivity index (χ0) is 31.9. The van der Waals surface area contributed by atoms with Gasteiger partial charge in [-0.1, -0.05) is 6.58 Å². The number of piperazine rings is 1. The second-order valence-electron chi connectivity index (χ2n) is 12.9. The first-order valence-electron chi connectivity index (χ1n) is 16.1. The molecule has 1 amide bonds. The van der Waals surface area contributed by atoms with Crippen molar-refractivity contribution in [2.75, 3.05) is 69.4 Å². The van der Waals surface area contributed by atoms with Crippen molar-refractivity contribution in [3.05, 3.63) is 53.6 Å². The average molecular weight is 626 g/mol. The largest absolute Gasteiger partial charge is 0.378 e. The van der Waals surface area contributed by atoms with E-state index in [-0.39, 0.29) is 30.0 Å². The predicted octanol–water partition coefficient (Wildman–Crippen LogP) is 4.06. The van der Waals surface area contributed by atoms with Crippen molar-refractivity contribution < 1.29 is 23.0 Å². The molecule has 4 saturated heterocycles. The molecule has 0 aromatic carbocycles. The quantitative estimate of drug-likeness (QED) is 0.403. The van der Waals surface area contributed by atoms with Crippen LogP contribution in [0.5, 0.6) is 0 Å². The standard InChI is InChI=1S/C33H45F2N7O3/c1-6-28(43)40-14-12-39(13-15-40)25-19-42(23(25)4)27-18-26(37-32(38-27)31(34)35)41-11-8-24(17-22(41)3)29-21(2)7-10-36-30(29)33(44-5)9-16-45-20-33/h6-7,10,18,22-25,31H,1,8-9,11-17,19-20H2,2-5H3/t22-,23-,24+,25-,33+/m1/s1. The first-order valence-corrected chi connectivity index (χ1v) is 16.1. The van der Waals surface area contributed by atoms with Crippen molar-refractivity contribution in [3.63, 3.8) is 0 Å². The fourth-order valence-corrected chi connectivity index (χ4v) is 7.76. The van der Waals surface area contributed by atoms with E-state index in [0.29, 0.717) is 51.0 Å². The molecule has 12 heteroatoms. The SMILES string of the molecule is C=CC(=O)N1CCN([C@@H]2CN(c3cc(N4CC[C@H](c5c(C)ccnc5[C@]5(OC)CCOC5)C[C@H]4C)nc(C(F)F)n3)[C@@H]2C)CC1. The van der Waals surface area contributed by atoms with E-state index in [1.54, 1.807) is 7.11 Å². The number of hydrogen-bond donors (Lipinski definition) is 0. The third-order valence-corrected chi connectivity index (χ3v) is 10.5. The summed E-state index contributed by atoms with van der Waals surface area (Å²) in [6.07, 6.45) is 2.90. The summed E-state index contributed by atoms with van der Waals surface area (Å²) in [6.45, 7) is 15.4. The highest BCUT2D eigenvalue weighted by Crippen LogP contribution is 2.43. The Morgan fingerprint density at radius 3 is 2.49 bits per heavy atom. The normalized spacial score (nSPS) is 29.3. The highest BCUT2D eigenvalue weighted by molar-refractivity contribution is 5.87. The molecule has 4 fully saturated rings. The fraction of sp³-hybridized carbons (Fsp3) is 0.636. The maximum absolute atomic E-state index is 14.1. The number of amides is 1. The van der Waals surface area contributed by atoms with Crippen LogP contribution < -0.4 is 9.80 Å². The Morgan fingerprint density at radius 2 is 1.89 bits per heavy atom.